The highest BCUT2D eigenvalue weighted by atomic mass is 16.6. The van der Waals surface area contributed by atoms with Crippen LogP contribution in [0.1, 0.15) is 39.7 Å². The molecule has 0 spiro atoms. The van der Waals surface area contributed by atoms with Gasteiger partial charge in [-0.3, -0.25) is 10.1 Å². The van der Waals surface area contributed by atoms with Crippen molar-refractivity contribution in [3.63, 3.8) is 0 Å². The third-order valence-corrected chi connectivity index (χ3v) is 2.97. The van der Waals surface area contributed by atoms with Crippen molar-refractivity contribution in [1.29, 1.82) is 0 Å². The molecule has 0 aliphatic carbocycles. The second kappa shape index (κ2) is 7.22. The number of nitrogens with one attached hydrogen (secondary N) is 1. The molecule has 0 saturated carbocycles. The van der Waals surface area contributed by atoms with E-state index < -0.39 is 4.92 Å². The summed E-state index contributed by atoms with van der Waals surface area (Å²) in [6.45, 7) is 12.8. The van der Waals surface area contributed by atoms with E-state index in [2.05, 4.69) is 32.7 Å². The molecule has 116 valence electrons. The predicted octanol–water partition coefficient (Wildman–Crippen LogP) is 3.83. The lowest BCUT2D eigenvalue weighted by atomic mass is 10.1. The Balaban J connectivity index is 2.86. The molecule has 0 aliphatic heterocycles. The number of hydrogen-bond acceptors (Lipinski definition) is 4. The third kappa shape index (κ3) is 5.95. The number of nitrogens with zero attached hydrogens (tertiary/aromatic N) is 1. The molecule has 1 N–H and O–H groups in total. The number of nitro benzene ring substituents is 1. The summed E-state index contributed by atoms with van der Waals surface area (Å²) >= 11 is 0. The minimum absolute atomic E-state index is 0.00730. The van der Waals surface area contributed by atoms with Crippen LogP contribution in [0.3, 0.4) is 0 Å². The van der Waals surface area contributed by atoms with Crippen LogP contribution >= 0.6 is 0 Å². The summed E-state index contributed by atoms with van der Waals surface area (Å²) in [7, 11) is 0. The van der Waals surface area contributed by atoms with Crippen LogP contribution in [0, 0.1) is 10.1 Å². The largest absolute Gasteiger partial charge is 0.482 e. The summed E-state index contributed by atoms with van der Waals surface area (Å²) in [6, 6.07) is 5.05. The van der Waals surface area contributed by atoms with E-state index >= 15 is 0 Å². The van der Waals surface area contributed by atoms with Crippen LogP contribution in [0.25, 0.3) is 0 Å². The molecule has 1 aromatic carbocycles. The second-order valence-electron chi connectivity index (χ2n) is 6.05. The first-order chi connectivity index (χ1) is 9.73. The molecule has 1 rings (SSSR count). The molecule has 0 bridgehead atoms. The van der Waals surface area contributed by atoms with Crippen LogP contribution in [-0.2, 0) is 6.54 Å². The van der Waals surface area contributed by atoms with E-state index in [0.29, 0.717) is 13.2 Å². The molecule has 21 heavy (non-hydrogen) atoms. The Morgan fingerprint density at radius 3 is 2.62 bits per heavy atom. The Hall–Kier alpha value is -1.88. The molecule has 0 aliphatic rings. The van der Waals surface area contributed by atoms with Crippen molar-refractivity contribution < 1.29 is 9.66 Å². The van der Waals surface area contributed by atoms with E-state index in [-0.39, 0.29) is 17.0 Å². The van der Waals surface area contributed by atoms with E-state index in [0.717, 1.165) is 17.6 Å². The van der Waals surface area contributed by atoms with Crippen LogP contribution in [0.4, 0.5) is 5.69 Å². The SMILES string of the molecule is C=C(CC)COc1ccc(CNC(C)(C)C)cc1[N+](=O)[O-]. The number of benzene rings is 1. The summed E-state index contributed by atoms with van der Waals surface area (Å²) in [4.78, 5) is 10.8. The van der Waals surface area contributed by atoms with Gasteiger partial charge in [-0.1, -0.05) is 19.6 Å². The zero-order valence-electron chi connectivity index (χ0n) is 13.2. The third-order valence-electron chi connectivity index (χ3n) is 2.97. The molecule has 0 atom stereocenters. The van der Waals surface area contributed by atoms with Crippen molar-refractivity contribution in [2.45, 2.75) is 46.2 Å². The number of ether oxygens (including phenoxy) is 1. The van der Waals surface area contributed by atoms with Gasteiger partial charge in [-0.25, -0.2) is 0 Å². The monoisotopic (exact) mass is 292 g/mol. The van der Waals surface area contributed by atoms with Gasteiger partial charge in [0.05, 0.1) is 4.92 Å². The average molecular weight is 292 g/mol. The highest BCUT2D eigenvalue weighted by molar-refractivity contribution is 5.48. The number of hydrogen-bond donors (Lipinski definition) is 1. The maximum Gasteiger partial charge on any atom is 0.311 e. The summed E-state index contributed by atoms with van der Waals surface area (Å²) in [6.07, 6.45) is 0.793. The van der Waals surface area contributed by atoms with E-state index in [1.54, 1.807) is 12.1 Å². The smallest absolute Gasteiger partial charge is 0.311 e. The average Bonchev–Trinajstić information content (AvgIpc) is 2.41. The van der Waals surface area contributed by atoms with Gasteiger partial charge in [0.15, 0.2) is 5.75 Å². The van der Waals surface area contributed by atoms with E-state index in [9.17, 15) is 10.1 Å². The first-order valence-corrected chi connectivity index (χ1v) is 7.04. The van der Waals surface area contributed by atoms with Crippen molar-refractivity contribution in [1.82, 2.24) is 5.32 Å². The van der Waals surface area contributed by atoms with Crippen molar-refractivity contribution in [2.75, 3.05) is 6.61 Å². The highest BCUT2D eigenvalue weighted by Crippen LogP contribution is 2.28. The normalized spacial score (nSPS) is 11.2. The van der Waals surface area contributed by atoms with E-state index in [1.165, 1.54) is 0 Å². The number of nitro groups is 1. The van der Waals surface area contributed by atoms with Gasteiger partial charge in [0.1, 0.15) is 6.61 Å². The van der Waals surface area contributed by atoms with Gasteiger partial charge in [0.2, 0.25) is 0 Å². The zero-order chi connectivity index (χ0) is 16.0. The maximum absolute atomic E-state index is 11.2. The molecular weight excluding hydrogens is 268 g/mol. The van der Waals surface area contributed by atoms with Gasteiger partial charge in [0.25, 0.3) is 0 Å². The fraction of sp³-hybridized carbons (Fsp3) is 0.500. The van der Waals surface area contributed by atoms with Crippen molar-refractivity contribution >= 4 is 5.69 Å². The molecule has 0 aromatic heterocycles. The van der Waals surface area contributed by atoms with Gasteiger partial charge in [-0.2, -0.15) is 0 Å². The van der Waals surface area contributed by atoms with E-state index in [1.807, 2.05) is 13.0 Å². The fourth-order valence-corrected chi connectivity index (χ4v) is 1.59. The Kier molecular flexibility index (Phi) is 5.90. The Labute approximate surface area is 126 Å². The van der Waals surface area contributed by atoms with Crippen LogP contribution in [0.5, 0.6) is 5.75 Å². The van der Waals surface area contributed by atoms with Crippen LogP contribution in [-0.4, -0.2) is 17.1 Å². The van der Waals surface area contributed by atoms with E-state index in [4.69, 9.17) is 4.74 Å². The lowest BCUT2D eigenvalue weighted by Gasteiger charge is -2.20. The fourth-order valence-electron chi connectivity index (χ4n) is 1.59. The standard InChI is InChI=1S/C16H24N2O3/c1-6-12(2)11-21-15-8-7-13(9-14(15)18(19)20)10-17-16(3,4)5/h7-9,17H,2,6,10-11H2,1,3-5H3. The minimum atomic E-state index is -0.412. The Bertz CT molecular complexity index is 519. The quantitative estimate of drug-likeness (QED) is 0.471. The van der Waals surface area contributed by atoms with Gasteiger partial charge < -0.3 is 10.1 Å². The van der Waals surface area contributed by atoms with Crippen molar-refractivity contribution in [3.05, 3.63) is 46.0 Å². The van der Waals surface area contributed by atoms with Gasteiger partial charge in [-0.05, 0) is 44.4 Å². The first kappa shape index (κ1) is 17.2. The molecule has 0 unspecified atom stereocenters. The summed E-state index contributed by atoms with van der Waals surface area (Å²) in [5, 5.41) is 14.5. The lowest BCUT2D eigenvalue weighted by molar-refractivity contribution is -0.385. The molecule has 5 heteroatoms. The molecule has 0 heterocycles. The maximum atomic E-state index is 11.2. The van der Waals surface area contributed by atoms with Crippen LogP contribution in [0.15, 0.2) is 30.4 Å². The summed E-state index contributed by atoms with van der Waals surface area (Å²) in [5.74, 6) is 0.286. The lowest BCUT2D eigenvalue weighted by Crippen LogP contribution is -2.35. The minimum Gasteiger partial charge on any atom is -0.482 e. The molecule has 0 radical (unpaired) electrons. The molecule has 5 nitrogen and oxygen atoms in total. The Morgan fingerprint density at radius 1 is 1.43 bits per heavy atom. The summed E-state index contributed by atoms with van der Waals surface area (Å²) in [5.41, 5.74) is 1.72. The zero-order valence-corrected chi connectivity index (χ0v) is 13.2. The molecule has 0 amide bonds. The van der Waals surface area contributed by atoms with Gasteiger partial charge >= 0.3 is 5.69 Å². The first-order valence-electron chi connectivity index (χ1n) is 7.04. The predicted molar refractivity (Wildman–Crippen MR) is 84.6 cm³/mol. The topological polar surface area (TPSA) is 64.4 Å². The summed E-state index contributed by atoms with van der Waals surface area (Å²) < 4.78 is 5.49. The molecule has 1 aromatic rings. The van der Waals surface area contributed by atoms with Gasteiger partial charge in [0, 0.05) is 18.2 Å². The van der Waals surface area contributed by atoms with Crippen molar-refractivity contribution in [2.24, 2.45) is 0 Å². The molecular formula is C16H24N2O3. The van der Waals surface area contributed by atoms with Crippen LogP contribution < -0.4 is 10.1 Å². The number of rotatable bonds is 7. The van der Waals surface area contributed by atoms with Crippen molar-refractivity contribution in [3.8, 4) is 5.75 Å². The van der Waals surface area contributed by atoms with Crippen LogP contribution in [0.2, 0.25) is 0 Å². The highest BCUT2D eigenvalue weighted by Gasteiger charge is 2.17. The van der Waals surface area contributed by atoms with Gasteiger partial charge in [-0.15, -0.1) is 0 Å². The molecule has 0 saturated heterocycles. The Morgan fingerprint density at radius 2 is 2.10 bits per heavy atom. The molecule has 0 fully saturated rings. The second-order valence-corrected chi connectivity index (χ2v) is 6.05.